The summed E-state index contributed by atoms with van der Waals surface area (Å²) < 4.78 is 35.5. The van der Waals surface area contributed by atoms with Gasteiger partial charge < -0.3 is 5.32 Å². The Morgan fingerprint density at radius 2 is 2.17 bits per heavy atom. The number of hydrogen-bond acceptors (Lipinski definition) is 2. The Kier molecular flexibility index (Phi) is 1.85. The van der Waals surface area contributed by atoms with Gasteiger partial charge in [0.1, 0.15) is 12.1 Å². The van der Waals surface area contributed by atoms with E-state index in [1.165, 1.54) is 0 Å². The molecule has 0 spiro atoms. The molecule has 1 amide bonds. The van der Waals surface area contributed by atoms with E-state index in [0.717, 1.165) is 0 Å². The molecule has 1 fully saturated rings. The highest BCUT2D eigenvalue weighted by Crippen LogP contribution is 2.29. The highest BCUT2D eigenvalue weighted by atomic mass is 19.4. The van der Waals surface area contributed by atoms with Gasteiger partial charge in [-0.2, -0.15) is 13.2 Å². The second-order valence-corrected chi connectivity index (χ2v) is 2.18. The lowest BCUT2D eigenvalue weighted by Crippen LogP contribution is -2.67. The first-order chi connectivity index (χ1) is 5.46. The fourth-order valence-electron chi connectivity index (χ4n) is 0.808. The number of nitrogens with zero attached hydrogens (tertiary/aromatic N) is 3. The largest absolute Gasteiger partial charge is 0.409 e. The molecule has 0 aliphatic carbocycles. The molecule has 0 aromatic carbocycles. The van der Waals surface area contributed by atoms with Gasteiger partial charge >= 0.3 is 6.18 Å². The summed E-state index contributed by atoms with van der Waals surface area (Å²) >= 11 is 0. The van der Waals surface area contributed by atoms with E-state index < -0.39 is 24.2 Å². The molecule has 0 aromatic rings. The number of amides is 1. The van der Waals surface area contributed by atoms with Gasteiger partial charge in [-0.1, -0.05) is 5.11 Å². The van der Waals surface area contributed by atoms with Gasteiger partial charge in [0.2, 0.25) is 5.91 Å². The van der Waals surface area contributed by atoms with E-state index in [-0.39, 0.29) is 0 Å². The van der Waals surface area contributed by atoms with Gasteiger partial charge in [-0.3, -0.25) is 4.79 Å². The molecule has 1 saturated heterocycles. The minimum absolute atomic E-state index is 0.893. The van der Waals surface area contributed by atoms with E-state index in [1.54, 1.807) is 5.32 Å². The summed E-state index contributed by atoms with van der Waals surface area (Å²) in [4.78, 5) is 12.5. The highest BCUT2D eigenvalue weighted by molar-refractivity contribution is 5.89. The van der Waals surface area contributed by atoms with E-state index in [2.05, 4.69) is 10.0 Å². The third-order valence-electron chi connectivity index (χ3n) is 1.41. The van der Waals surface area contributed by atoms with Crippen molar-refractivity contribution < 1.29 is 18.0 Å². The second-order valence-electron chi connectivity index (χ2n) is 2.18. The van der Waals surface area contributed by atoms with Crippen molar-refractivity contribution in [2.45, 2.75) is 18.3 Å². The van der Waals surface area contributed by atoms with Crippen molar-refractivity contribution in [1.29, 1.82) is 0 Å². The molecule has 12 heavy (non-hydrogen) atoms. The number of alkyl halides is 3. The normalized spacial score (nSPS) is 28.4. The molecule has 0 bridgehead atoms. The number of azide groups is 1. The predicted molar refractivity (Wildman–Crippen MR) is 30.9 cm³/mol. The lowest BCUT2D eigenvalue weighted by atomic mass is 10.00. The Morgan fingerprint density at radius 3 is 2.50 bits per heavy atom. The van der Waals surface area contributed by atoms with Gasteiger partial charge in [0.15, 0.2) is 0 Å². The zero-order valence-corrected chi connectivity index (χ0v) is 5.54. The molecule has 8 heteroatoms. The van der Waals surface area contributed by atoms with Crippen molar-refractivity contribution in [1.82, 2.24) is 5.32 Å². The molecule has 2 atom stereocenters. The monoisotopic (exact) mass is 180 g/mol. The summed E-state index contributed by atoms with van der Waals surface area (Å²) in [6.45, 7) is 0. The molecule has 5 nitrogen and oxygen atoms in total. The molecule has 1 aliphatic heterocycles. The Labute approximate surface area is 64.2 Å². The van der Waals surface area contributed by atoms with E-state index in [9.17, 15) is 18.0 Å². The zero-order valence-electron chi connectivity index (χ0n) is 5.54. The van der Waals surface area contributed by atoms with Crippen molar-refractivity contribution >= 4 is 5.91 Å². The van der Waals surface area contributed by atoms with E-state index in [1.807, 2.05) is 0 Å². The van der Waals surface area contributed by atoms with Gasteiger partial charge in [0.05, 0.1) is 0 Å². The fraction of sp³-hybridized carbons (Fsp3) is 0.750. The van der Waals surface area contributed by atoms with Crippen LogP contribution in [0, 0.1) is 0 Å². The van der Waals surface area contributed by atoms with E-state index in [0.29, 0.717) is 0 Å². The van der Waals surface area contributed by atoms with Crippen LogP contribution in [0.3, 0.4) is 0 Å². The first-order valence-corrected chi connectivity index (χ1v) is 2.88. The zero-order chi connectivity index (χ0) is 9.35. The number of rotatable bonds is 1. The first kappa shape index (κ1) is 8.66. The number of β-lactam (4-membered cyclic amide) rings is 1. The maximum atomic E-state index is 11.8. The average molecular weight is 180 g/mol. The summed E-state index contributed by atoms with van der Waals surface area (Å²) in [5, 5.41) is 4.30. The van der Waals surface area contributed by atoms with Gasteiger partial charge in [0.25, 0.3) is 0 Å². The molecule has 66 valence electrons. The van der Waals surface area contributed by atoms with Crippen LogP contribution in [0.4, 0.5) is 13.2 Å². The van der Waals surface area contributed by atoms with Crippen molar-refractivity contribution in [2.75, 3.05) is 0 Å². The van der Waals surface area contributed by atoms with Crippen LogP contribution in [0.2, 0.25) is 0 Å². The van der Waals surface area contributed by atoms with Gasteiger partial charge in [-0.05, 0) is 5.53 Å². The summed E-state index contributed by atoms with van der Waals surface area (Å²) in [6.07, 6.45) is -4.55. The third-order valence-corrected chi connectivity index (χ3v) is 1.41. The van der Waals surface area contributed by atoms with Crippen LogP contribution in [0.5, 0.6) is 0 Å². The maximum Gasteiger partial charge on any atom is 0.409 e. The summed E-state index contributed by atoms with van der Waals surface area (Å²) in [5.41, 5.74) is 7.81. The van der Waals surface area contributed by atoms with Crippen LogP contribution < -0.4 is 5.32 Å². The lowest BCUT2D eigenvalue weighted by Gasteiger charge is -2.34. The standard InChI is InChI=1S/C4H3F3N4O/c5-4(6,7)2-1(10-11-8)3(12)9-2/h1-2H,(H,9,12)/t1-,2-/m0/s1. The van der Waals surface area contributed by atoms with Crippen LogP contribution in [-0.2, 0) is 4.79 Å². The number of hydrogen-bond donors (Lipinski definition) is 1. The van der Waals surface area contributed by atoms with Crippen molar-refractivity contribution in [3.05, 3.63) is 10.4 Å². The first-order valence-electron chi connectivity index (χ1n) is 2.88. The number of carbonyl (C=O) groups excluding carboxylic acids is 1. The molecular weight excluding hydrogens is 177 g/mol. The Hall–Kier alpha value is -1.43. The molecule has 1 rings (SSSR count). The molecule has 0 saturated carbocycles. The second kappa shape index (κ2) is 2.56. The van der Waals surface area contributed by atoms with Gasteiger partial charge in [0, 0.05) is 4.91 Å². The lowest BCUT2D eigenvalue weighted by molar-refractivity contribution is -0.184. The SMILES string of the molecule is [N-]=[N+]=N[C@@H]1C(=O)N[C@@H]1C(F)(F)F. The van der Waals surface area contributed by atoms with Crippen LogP contribution >= 0.6 is 0 Å². The summed E-state index contributed by atoms with van der Waals surface area (Å²) in [7, 11) is 0. The van der Waals surface area contributed by atoms with E-state index in [4.69, 9.17) is 5.53 Å². The van der Waals surface area contributed by atoms with Crippen LogP contribution in [0.15, 0.2) is 5.11 Å². The topological polar surface area (TPSA) is 77.9 Å². The molecule has 0 aromatic heterocycles. The summed E-state index contributed by atoms with van der Waals surface area (Å²) in [6, 6.07) is -3.67. The maximum absolute atomic E-state index is 11.8. The molecule has 1 N–H and O–H groups in total. The number of nitrogens with one attached hydrogen (secondary N) is 1. The predicted octanol–water partition coefficient (Wildman–Crippen LogP) is 0.726. The molecule has 0 radical (unpaired) electrons. The summed E-state index contributed by atoms with van der Waals surface area (Å²) in [5.74, 6) is -0.893. The quantitative estimate of drug-likeness (QED) is 0.274. The average Bonchev–Trinajstić information content (AvgIpc) is 1.93. The van der Waals surface area contributed by atoms with Gasteiger partial charge in [-0.25, -0.2) is 0 Å². The number of halogens is 3. The molecule has 1 heterocycles. The fourth-order valence-corrected chi connectivity index (χ4v) is 0.808. The minimum Gasteiger partial charge on any atom is -0.343 e. The Balaban J connectivity index is 2.73. The van der Waals surface area contributed by atoms with Crippen molar-refractivity contribution in [3.8, 4) is 0 Å². The molecule has 1 aliphatic rings. The smallest absolute Gasteiger partial charge is 0.343 e. The van der Waals surface area contributed by atoms with Crippen molar-refractivity contribution in [2.24, 2.45) is 5.11 Å². The molecule has 0 unspecified atom stereocenters. The molecular formula is C4H3F3N4O. The van der Waals surface area contributed by atoms with E-state index >= 15 is 0 Å². The Morgan fingerprint density at radius 1 is 1.58 bits per heavy atom. The van der Waals surface area contributed by atoms with Crippen molar-refractivity contribution in [3.63, 3.8) is 0 Å². The van der Waals surface area contributed by atoms with Gasteiger partial charge in [-0.15, -0.1) is 0 Å². The third kappa shape index (κ3) is 1.28. The van der Waals surface area contributed by atoms with Crippen LogP contribution in [-0.4, -0.2) is 24.2 Å². The number of carbonyl (C=O) groups is 1. The Bertz CT molecular complexity index is 254. The highest BCUT2D eigenvalue weighted by Gasteiger charge is 2.54. The van der Waals surface area contributed by atoms with Crippen LogP contribution in [0.25, 0.3) is 10.4 Å². The van der Waals surface area contributed by atoms with Crippen LogP contribution in [0.1, 0.15) is 0 Å². The minimum atomic E-state index is -4.55.